The second-order valence-corrected chi connectivity index (χ2v) is 5.86. The molecule has 23 heavy (non-hydrogen) atoms. The molecule has 1 fully saturated rings. The van der Waals surface area contributed by atoms with E-state index in [0.717, 1.165) is 0 Å². The normalized spacial score (nSPS) is 15.8. The van der Waals surface area contributed by atoms with E-state index < -0.39 is 0 Å². The third-order valence-corrected chi connectivity index (χ3v) is 4.20. The lowest BCUT2D eigenvalue weighted by atomic mass is 10.1. The molecular weight excluding hydrogens is 297 g/mol. The lowest BCUT2D eigenvalue weighted by molar-refractivity contribution is -0.133. The molecule has 0 unspecified atom stereocenters. The molecule has 4 nitrogen and oxygen atoms in total. The predicted molar refractivity (Wildman–Crippen MR) is 84.2 cm³/mol. The Morgan fingerprint density at radius 1 is 1.22 bits per heavy atom. The number of nitrogens with zero attached hydrogens (tertiary/aromatic N) is 1. The molecule has 2 heterocycles. The van der Waals surface area contributed by atoms with Gasteiger partial charge in [0, 0.05) is 25.9 Å². The number of halogens is 1. The molecule has 0 radical (unpaired) electrons. The maximum absolute atomic E-state index is 13.7. The van der Waals surface area contributed by atoms with Gasteiger partial charge in [0.15, 0.2) is 0 Å². The van der Waals surface area contributed by atoms with Crippen LogP contribution in [0, 0.1) is 5.82 Å². The first-order chi connectivity index (χ1) is 11.1. The van der Waals surface area contributed by atoms with E-state index in [1.807, 2.05) is 0 Å². The van der Waals surface area contributed by atoms with Crippen molar-refractivity contribution in [2.45, 2.75) is 31.8 Å². The van der Waals surface area contributed by atoms with E-state index in [1.54, 1.807) is 35.2 Å². The number of amides is 1. The van der Waals surface area contributed by atoms with Crippen LogP contribution in [0.2, 0.25) is 0 Å². The van der Waals surface area contributed by atoms with Gasteiger partial charge in [-0.1, -0.05) is 12.1 Å². The van der Waals surface area contributed by atoms with E-state index in [1.165, 1.54) is 6.07 Å². The summed E-state index contributed by atoms with van der Waals surface area (Å²) in [5.74, 6) is 0.900. The highest BCUT2D eigenvalue weighted by atomic mass is 19.1. The fraction of sp³-hybridized carbons (Fsp3) is 0.389. The molecule has 0 spiro atoms. The largest absolute Gasteiger partial charge is 0.461 e. The van der Waals surface area contributed by atoms with Crippen molar-refractivity contribution >= 4 is 5.91 Å². The molecule has 1 saturated heterocycles. The minimum Gasteiger partial charge on any atom is -0.461 e. The van der Waals surface area contributed by atoms with Crippen LogP contribution in [0.3, 0.4) is 0 Å². The molecule has 1 amide bonds. The minimum absolute atomic E-state index is 0.0701. The summed E-state index contributed by atoms with van der Waals surface area (Å²) < 4.78 is 19.4. The van der Waals surface area contributed by atoms with E-state index in [4.69, 9.17) is 4.42 Å². The number of aliphatic hydroxyl groups is 1. The molecule has 122 valence electrons. The molecule has 1 aromatic heterocycles. The van der Waals surface area contributed by atoms with Crippen LogP contribution in [-0.2, 0) is 11.2 Å². The molecule has 2 aromatic rings. The molecule has 0 bridgehead atoms. The van der Waals surface area contributed by atoms with Gasteiger partial charge in [-0.3, -0.25) is 4.79 Å². The second-order valence-electron chi connectivity index (χ2n) is 5.86. The van der Waals surface area contributed by atoms with Crippen molar-refractivity contribution in [2.24, 2.45) is 0 Å². The van der Waals surface area contributed by atoms with E-state index in [9.17, 15) is 14.3 Å². The fourth-order valence-electron chi connectivity index (χ4n) is 2.82. The molecular formula is C18H20FNO3. The zero-order chi connectivity index (χ0) is 16.2. The summed E-state index contributed by atoms with van der Waals surface area (Å²) in [7, 11) is 0. The second kappa shape index (κ2) is 6.96. The molecule has 1 aliphatic rings. The summed E-state index contributed by atoms with van der Waals surface area (Å²) in [6, 6.07) is 9.98. The SMILES string of the molecule is O=C(CCc1ccc(-c2ccccc2F)o1)N1CCC(O)CC1. The maximum atomic E-state index is 13.7. The van der Waals surface area contributed by atoms with Crippen molar-refractivity contribution in [1.29, 1.82) is 0 Å². The summed E-state index contributed by atoms with van der Waals surface area (Å²) in [5, 5.41) is 9.47. The number of furan rings is 1. The third kappa shape index (κ3) is 3.79. The van der Waals surface area contributed by atoms with Gasteiger partial charge < -0.3 is 14.4 Å². The van der Waals surface area contributed by atoms with Crippen LogP contribution in [0.5, 0.6) is 0 Å². The summed E-state index contributed by atoms with van der Waals surface area (Å²) >= 11 is 0. The smallest absolute Gasteiger partial charge is 0.223 e. The van der Waals surface area contributed by atoms with Crippen molar-refractivity contribution in [1.82, 2.24) is 4.90 Å². The number of carbonyl (C=O) groups is 1. The summed E-state index contributed by atoms with van der Waals surface area (Å²) in [4.78, 5) is 13.9. The topological polar surface area (TPSA) is 53.7 Å². The van der Waals surface area contributed by atoms with Crippen LogP contribution in [0.1, 0.15) is 25.0 Å². The van der Waals surface area contributed by atoms with Gasteiger partial charge >= 0.3 is 0 Å². The highest BCUT2D eigenvalue weighted by Gasteiger charge is 2.21. The van der Waals surface area contributed by atoms with Crippen LogP contribution < -0.4 is 0 Å². The minimum atomic E-state index is -0.323. The van der Waals surface area contributed by atoms with E-state index >= 15 is 0 Å². The maximum Gasteiger partial charge on any atom is 0.223 e. The highest BCUT2D eigenvalue weighted by molar-refractivity contribution is 5.76. The predicted octanol–water partition coefficient (Wildman–Crippen LogP) is 3.00. The van der Waals surface area contributed by atoms with Gasteiger partial charge in [0.25, 0.3) is 0 Å². The monoisotopic (exact) mass is 317 g/mol. The molecule has 1 aromatic carbocycles. The van der Waals surface area contributed by atoms with Gasteiger partial charge in [-0.15, -0.1) is 0 Å². The Hall–Kier alpha value is -2.14. The molecule has 5 heteroatoms. The average molecular weight is 317 g/mol. The quantitative estimate of drug-likeness (QED) is 0.943. The number of carbonyl (C=O) groups excluding carboxylic acids is 1. The Morgan fingerprint density at radius 3 is 2.70 bits per heavy atom. The first-order valence-electron chi connectivity index (χ1n) is 7.93. The Balaban J connectivity index is 1.57. The van der Waals surface area contributed by atoms with Crippen molar-refractivity contribution in [3.63, 3.8) is 0 Å². The number of piperidine rings is 1. The van der Waals surface area contributed by atoms with Gasteiger partial charge in [0.05, 0.1) is 11.7 Å². The zero-order valence-electron chi connectivity index (χ0n) is 12.9. The van der Waals surface area contributed by atoms with Crippen LogP contribution >= 0.6 is 0 Å². The zero-order valence-corrected chi connectivity index (χ0v) is 12.9. The van der Waals surface area contributed by atoms with Gasteiger partial charge in [0.2, 0.25) is 5.91 Å². The van der Waals surface area contributed by atoms with Crippen molar-refractivity contribution < 1.29 is 18.7 Å². The molecule has 3 rings (SSSR count). The summed E-state index contributed by atoms with van der Waals surface area (Å²) in [6.45, 7) is 1.22. The number of aryl methyl sites for hydroxylation is 1. The Labute approximate surface area is 134 Å². The van der Waals surface area contributed by atoms with Crippen LogP contribution in [0.4, 0.5) is 4.39 Å². The van der Waals surface area contributed by atoms with Gasteiger partial charge in [-0.2, -0.15) is 0 Å². The number of rotatable bonds is 4. The average Bonchev–Trinajstić information content (AvgIpc) is 3.02. The lowest BCUT2D eigenvalue weighted by Gasteiger charge is -2.29. The van der Waals surface area contributed by atoms with E-state index in [0.29, 0.717) is 55.9 Å². The fourth-order valence-corrected chi connectivity index (χ4v) is 2.82. The lowest BCUT2D eigenvalue weighted by Crippen LogP contribution is -2.40. The molecule has 0 saturated carbocycles. The van der Waals surface area contributed by atoms with E-state index in [2.05, 4.69) is 0 Å². The molecule has 0 aliphatic carbocycles. The van der Waals surface area contributed by atoms with Crippen LogP contribution in [0.25, 0.3) is 11.3 Å². The van der Waals surface area contributed by atoms with Crippen LogP contribution in [0.15, 0.2) is 40.8 Å². The number of likely N-dealkylation sites (tertiary alicyclic amines) is 1. The Morgan fingerprint density at radius 2 is 1.96 bits per heavy atom. The number of hydrogen-bond acceptors (Lipinski definition) is 3. The Kier molecular flexibility index (Phi) is 4.76. The molecule has 1 N–H and O–H groups in total. The van der Waals surface area contributed by atoms with Crippen molar-refractivity contribution in [3.8, 4) is 11.3 Å². The highest BCUT2D eigenvalue weighted by Crippen LogP contribution is 2.25. The number of hydrogen-bond donors (Lipinski definition) is 1. The first kappa shape index (κ1) is 15.7. The summed E-state index contributed by atoms with van der Waals surface area (Å²) in [6.07, 6.45) is 1.85. The van der Waals surface area contributed by atoms with Crippen molar-refractivity contribution in [3.05, 3.63) is 48.0 Å². The van der Waals surface area contributed by atoms with E-state index in [-0.39, 0.29) is 17.8 Å². The van der Waals surface area contributed by atoms with Gasteiger partial charge in [-0.25, -0.2) is 4.39 Å². The number of benzene rings is 1. The van der Waals surface area contributed by atoms with Crippen LogP contribution in [-0.4, -0.2) is 35.1 Å². The summed E-state index contributed by atoms with van der Waals surface area (Å²) in [5.41, 5.74) is 0.426. The first-order valence-corrected chi connectivity index (χ1v) is 7.93. The number of aliphatic hydroxyl groups excluding tert-OH is 1. The Bertz CT molecular complexity index is 674. The molecule has 0 atom stereocenters. The third-order valence-electron chi connectivity index (χ3n) is 4.20. The standard InChI is InChI=1S/C18H20FNO3/c19-16-4-2-1-3-15(16)17-7-5-14(23-17)6-8-18(22)20-11-9-13(21)10-12-20/h1-5,7,13,21H,6,8-12H2. The van der Waals surface area contributed by atoms with Gasteiger partial charge in [-0.05, 0) is 37.1 Å². The van der Waals surface area contributed by atoms with Gasteiger partial charge in [0.1, 0.15) is 17.3 Å². The molecule has 1 aliphatic heterocycles. The van der Waals surface area contributed by atoms with Crippen molar-refractivity contribution in [2.75, 3.05) is 13.1 Å².